The lowest BCUT2D eigenvalue weighted by Gasteiger charge is -2.03. The van der Waals surface area contributed by atoms with E-state index in [-0.39, 0.29) is 12.1 Å². The fourth-order valence-electron chi connectivity index (χ4n) is 4.73. The fourth-order valence-corrected chi connectivity index (χ4v) is 4.73. The lowest BCUT2D eigenvalue weighted by Crippen LogP contribution is -2.07. The highest BCUT2D eigenvalue weighted by Crippen LogP contribution is 2.25. The molecule has 0 radical (unpaired) electrons. The van der Waals surface area contributed by atoms with Crippen LogP contribution in [0.1, 0.15) is 34.3 Å². The summed E-state index contributed by atoms with van der Waals surface area (Å²) in [6, 6.07) is 24.7. The molecule has 3 heterocycles. The minimum Gasteiger partial charge on any atom is -0.475 e. The number of ether oxygens (including phenoxy) is 2. The highest BCUT2D eigenvalue weighted by atomic mass is 16.5. The van der Waals surface area contributed by atoms with Crippen molar-refractivity contribution in [3.05, 3.63) is 106 Å². The third-order valence-corrected chi connectivity index (χ3v) is 6.56. The molecule has 4 aromatic rings. The van der Waals surface area contributed by atoms with Crippen LogP contribution in [-0.2, 0) is 9.47 Å². The first kappa shape index (κ1) is 21.4. The molecule has 174 valence electrons. The number of nitrogens with zero attached hydrogens (tertiary/aromatic N) is 2. The molecule has 0 fully saturated rings. The van der Waals surface area contributed by atoms with Gasteiger partial charge in [0, 0.05) is 22.9 Å². The smallest absolute Gasteiger partial charge is 0.213 e. The van der Waals surface area contributed by atoms with Gasteiger partial charge in [0.05, 0.1) is 0 Å². The van der Waals surface area contributed by atoms with Crippen LogP contribution in [0.3, 0.4) is 0 Å². The zero-order valence-corrected chi connectivity index (χ0v) is 19.8. The molecule has 3 aromatic carbocycles. The van der Waals surface area contributed by atoms with Crippen LogP contribution >= 0.6 is 0 Å². The van der Waals surface area contributed by atoms with Crippen molar-refractivity contribution in [3.8, 4) is 0 Å². The second kappa shape index (κ2) is 8.91. The number of furan rings is 1. The Morgan fingerprint density at radius 1 is 0.629 bits per heavy atom. The molecule has 0 spiro atoms. The third kappa shape index (κ3) is 4.14. The Kier molecular flexibility index (Phi) is 5.45. The Balaban J connectivity index is 1.43. The zero-order valence-electron chi connectivity index (χ0n) is 19.8. The van der Waals surface area contributed by atoms with Gasteiger partial charge in [-0.1, -0.05) is 72.8 Å². The second-order valence-electron chi connectivity index (χ2n) is 8.98. The molecule has 5 nitrogen and oxygen atoms in total. The number of benzene rings is 3. The van der Waals surface area contributed by atoms with Crippen molar-refractivity contribution in [2.24, 2.45) is 9.98 Å². The quantitative estimate of drug-likeness (QED) is 0.431. The van der Waals surface area contributed by atoms with Crippen LogP contribution in [-0.4, -0.2) is 25.0 Å². The predicted molar refractivity (Wildman–Crippen MR) is 139 cm³/mol. The molecule has 0 N–H and O–H groups in total. The standard InChI is InChI=1S/C30H26N2O3/c1-19-13-14-20(2)30-26(16-28-32-24(18-34-28)22-11-7-4-8-12-22)35-25(29(19)30)15-27-31-23(17-33-27)21-9-5-3-6-10-21/h3-16,23-24H,17-18H2,1-2H3/b25-15-,26-16-/t23-,24-/m1/s1. The summed E-state index contributed by atoms with van der Waals surface area (Å²) in [7, 11) is 0. The van der Waals surface area contributed by atoms with Crippen molar-refractivity contribution in [2.75, 3.05) is 13.2 Å². The van der Waals surface area contributed by atoms with Gasteiger partial charge in [-0.2, -0.15) is 0 Å². The van der Waals surface area contributed by atoms with Crippen LogP contribution < -0.4 is 10.8 Å². The average Bonchev–Trinajstić information content (AvgIpc) is 3.63. The van der Waals surface area contributed by atoms with E-state index < -0.39 is 0 Å². The van der Waals surface area contributed by atoms with Gasteiger partial charge in [0.1, 0.15) is 36.1 Å². The molecule has 2 atom stereocenters. The summed E-state index contributed by atoms with van der Waals surface area (Å²) in [4.78, 5) is 9.58. The van der Waals surface area contributed by atoms with Gasteiger partial charge < -0.3 is 13.9 Å². The Bertz CT molecular complexity index is 1450. The Morgan fingerprint density at radius 3 is 1.49 bits per heavy atom. The molecular formula is C30H26N2O3. The maximum atomic E-state index is 6.40. The minimum absolute atomic E-state index is 0.00583. The van der Waals surface area contributed by atoms with Gasteiger partial charge in [-0.3, -0.25) is 0 Å². The average molecular weight is 463 g/mol. The number of hydrogen-bond acceptors (Lipinski definition) is 5. The highest BCUT2D eigenvalue weighted by Gasteiger charge is 2.21. The molecule has 5 heteroatoms. The minimum atomic E-state index is -0.00583. The number of rotatable bonds is 4. The Hall–Kier alpha value is -4.12. The largest absolute Gasteiger partial charge is 0.475 e. The van der Waals surface area contributed by atoms with Crippen LogP contribution in [0.5, 0.6) is 0 Å². The van der Waals surface area contributed by atoms with E-state index >= 15 is 0 Å². The second-order valence-corrected chi connectivity index (χ2v) is 8.98. The fraction of sp³-hybridized carbons (Fsp3) is 0.200. The topological polar surface area (TPSA) is 56.3 Å². The third-order valence-electron chi connectivity index (χ3n) is 6.56. The molecule has 0 unspecified atom stereocenters. The van der Waals surface area contributed by atoms with E-state index in [2.05, 4.69) is 50.2 Å². The molecular weight excluding hydrogens is 436 g/mol. The van der Waals surface area contributed by atoms with Gasteiger partial charge in [-0.05, 0) is 36.1 Å². The van der Waals surface area contributed by atoms with E-state index in [1.54, 1.807) is 0 Å². The van der Waals surface area contributed by atoms with Crippen molar-refractivity contribution in [1.29, 1.82) is 0 Å². The van der Waals surface area contributed by atoms with Crippen molar-refractivity contribution < 1.29 is 13.9 Å². The van der Waals surface area contributed by atoms with Gasteiger partial charge in [0.25, 0.3) is 0 Å². The monoisotopic (exact) mass is 462 g/mol. The molecule has 0 amide bonds. The number of aliphatic imine (C=N–C) groups is 2. The van der Waals surface area contributed by atoms with Crippen molar-refractivity contribution >= 4 is 34.7 Å². The summed E-state index contributed by atoms with van der Waals surface area (Å²) in [5.41, 5.74) is 6.03. The molecule has 0 saturated carbocycles. The number of fused-ring (bicyclic) bond motifs is 1. The molecule has 2 aliphatic rings. The lowest BCUT2D eigenvalue weighted by atomic mass is 10.0. The van der Waals surface area contributed by atoms with E-state index in [4.69, 9.17) is 23.9 Å². The molecule has 35 heavy (non-hydrogen) atoms. The summed E-state index contributed by atoms with van der Waals surface area (Å²) >= 11 is 0. The van der Waals surface area contributed by atoms with Gasteiger partial charge in [-0.25, -0.2) is 9.98 Å². The van der Waals surface area contributed by atoms with E-state index in [1.165, 1.54) is 0 Å². The molecule has 6 rings (SSSR count). The molecule has 0 bridgehead atoms. The molecule has 0 saturated heterocycles. The maximum absolute atomic E-state index is 6.40. The van der Waals surface area contributed by atoms with E-state index in [0.717, 1.165) is 43.9 Å². The highest BCUT2D eigenvalue weighted by molar-refractivity contribution is 6.09. The van der Waals surface area contributed by atoms with Crippen LogP contribution in [0.25, 0.3) is 22.9 Å². The van der Waals surface area contributed by atoms with Gasteiger partial charge in [0.15, 0.2) is 0 Å². The van der Waals surface area contributed by atoms with Crippen molar-refractivity contribution in [2.45, 2.75) is 25.9 Å². The van der Waals surface area contributed by atoms with Gasteiger partial charge >= 0.3 is 0 Å². The Morgan fingerprint density at radius 2 is 1.06 bits per heavy atom. The van der Waals surface area contributed by atoms with Crippen molar-refractivity contribution in [1.82, 2.24) is 0 Å². The Labute approximate surface area is 203 Å². The normalized spacial score (nSPS) is 20.6. The SMILES string of the molecule is Cc1ccc(C)c2/c(=C/C3=N[C@@H](c4ccccc4)CO3)o/c(=C\C3=N[C@@H](c4ccccc4)CO3)c12. The summed E-state index contributed by atoms with van der Waals surface area (Å²) in [5.74, 6) is 1.17. The molecule has 1 aromatic heterocycles. The lowest BCUT2D eigenvalue weighted by molar-refractivity contribution is 0.322. The number of hydrogen-bond donors (Lipinski definition) is 0. The summed E-state index contributed by atoms with van der Waals surface area (Å²) < 4.78 is 18.2. The first-order chi connectivity index (χ1) is 17.2. The first-order valence-corrected chi connectivity index (χ1v) is 11.9. The first-order valence-electron chi connectivity index (χ1n) is 11.9. The summed E-state index contributed by atoms with van der Waals surface area (Å²) in [6.45, 7) is 5.24. The van der Waals surface area contributed by atoms with Crippen LogP contribution in [0.2, 0.25) is 0 Å². The van der Waals surface area contributed by atoms with Crippen molar-refractivity contribution in [3.63, 3.8) is 0 Å². The van der Waals surface area contributed by atoms with E-state index in [1.807, 2.05) is 48.6 Å². The van der Waals surface area contributed by atoms with Crippen LogP contribution in [0, 0.1) is 13.8 Å². The summed E-state index contributed by atoms with van der Waals surface area (Å²) in [6.07, 6.45) is 3.80. The van der Waals surface area contributed by atoms with Gasteiger partial charge in [0.2, 0.25) is 11.8 Å². The molecule has 2 aliphatic heterocycles. The number of aryl methyl sites for hydroxylation is 2. The van der Waals surface area contributed by atoms with E-state index in [9.17, 15) is 0 Å². The predicted octanol–water partition coefficient (Wildman–Crippen LogP) is 4.95. The van der Waals surface area contributed by atoms with Crippen LogP contribution in [0.15, 0.2) is 87.2 Å². The van der Waals surface area contributed by atoms with E-state index in [0.29, 0.717) is 25.0 Å². The van der Waals surface area contributed by atoms with Crippen LogP contribution in [0.4, 0.5) is 0 Å². The van der Waals surface area contributed by atoms with Gasteiger partial charge in [-0.15, -0.1) is 0 Å². The molecule has 0 aliphatic carbocycles. The maximum Gasteiger partial charge on any atom is 0.213 e. The summed E-state index contributed by atoms with van der Waals surface area (Å²) in [5, 5.41) is 2.12. The zero-order chi connectivity index (χ0) is 23.8.